The third-order valence-corrected chi connectivity index (χ3v) is 4.84. The molecule has 0 aliphatic carbocycles. The standard InChI is InChI=1S/C11H18O5.C7H10O5/c1-3-15-9(12)11(10(13)16-4-2)5-7-14-8-6-11;8-5(9)7(6(10)11)1-3-12-4-2-7/h3-8H2,1-2H3;1-4H2,(H,8,9)(H,10,11). The van der Waals surface area contributed by atoms with E-state index in [1.54, 1.807) is 13.8 Å². The van der Waals surface area contributed by atoms with Gasteiger partial charge in [-0.2, -0.15) is 0 Å². The lowest BCUT2D eigenvalue weighted by Gasteiger charge is -2.32. The molecule has 0 radical (unpaired) electrons. The van der Waals surface area contributed by atoms with E-state index in [2.05, 4.69) is 0 Å². The molecule has 0 aromatic carbocycles. The van der Waals surface area contributed by atoms with E-state index >= 15 is 0 Å². The SMILES string of the molecule is CCOC(=O)C1(C(=O)OCC)CCOCC1.O=C(O)C1(C(=O)O)CCOCC1. The Morgan fingerprint density at radius 2 is 1.04 bits per heavy atom. The zero-order valence-electron chi connectivity index (χ0n) is 16.2. The molecule has 2 N–H and O–H groups in total. The zero-order valence-corrected chi connectivity index (χ0v) is 16.2. The molecule has 28 heavy (non-hydrogen) atoms. The van der Waals surface area contributed by atoms with Crippen LogP contribution < -0.4 is 0 Å². The molecule has 0 atom stereocenters. The Morgan fingerprint density at radius 1 is 0.714 bits per heavy atom. The Kier molecular flexibility index (Phi) is 9.33. The highest BCUT2D eigenvalue weighted by Gasteiger charge is 2.50. The van der Waals surface area contributed by atoms with Crippen molar-refractivity contribution in [1.82, 2.24) is 0 Å². The Hall–Kier alpha value is -2.20. The van der Waals surface area contributed by atoms with E-state index in [0.29, 0.717) is 26.1 Å². The van der Waals surface area contributed by atoms with Crippen molar-refractivity contribution in [1.29, 1.82) is 0 Å². The van der Waals surface area contributed by atoms with E-state index in [9.17, 15) is 19.2 Å². The lowest BCUT2D eigenvalue weighted by atomic mass is 9.80. The van der Waals surface area contributed by atoms with Crippen molar-refractivity contribution in [2.75, 3.05) is 39.6 Å². The number of ether oxygens (including phenoxy) is 4. The largest absolute Gasteiger partial charge is 0.480 e. The van der Waals surface area contributed by atoms with E-state index in [1.807, 2.05) is 0 Å². The summed E-state index contributed by atoms with van der Waals surface area (Å²) in [6.07, 6.45) is 0.782. The number of carboxylic acids is 2. The van der Waals surface area contributed by atoms with Gasteiger partial charge in [0.15, 0.2) is 10.8 Å². The first-order valence-electron chi connectivity index (χ1n) is 9.23. The topological polar surface area (TPSA) is 146 Å². The molecular weight excluding hydrogens is 376 g/mol. The monoisotopic (exact) mass is 404 g/mol. The van der Waals surface area contributed by atoms with Gasteiger partial charge < -0.3 is 29.2 Å². The smallest absolute Gasteiger partial charge is 0.323 e. The van der Waals surface area contributed by atoms with Gasteiger partial charge in [0.25, 0.3) is 0 Å². The highest BCUT2D eigenvalue weighted by molar-refractivity contribution is 6.00. The van der Waals surface area contributed by atoms with Crippen LogP contribution in [0.25, 0.3) is 0 Å². The van der Waals surface area contributed by atoms with E-state index in [4.69, 9.17) is 29.2 Å². The molecule has 2 aliphatic heterocycles. The number of carbonyl (C=O) groups excluding carboxylic acids is 2. The van der Waals surface area contributed by atoms with Crippen LogP contribution in [-0.2, 0) is 38.1 Å². The van der Waals surface area contributed by atoms with Crippen LogP contribution in [0.1, 0.15) is 39.5 Å². The molecule has 2 aliphatic rings. The summed E-state index contributed by atoms with van der Waals surface area (Å²) in [7, 11) is 0. The molecule has 0 unspecified atom stereocenters. The maximum absolute atomic E-state index is 11.9. The van der Waals surface area contributed by atoms with Gasteiger partial charge in [-0.15, -0.1) is 0 Å². The summed E-state index contributed by atoms with van der Waals surface area (Å²) in [6, 6.07) is 0. The zero-order chi connectivity index (χ0) is 21.2. The molecular formula is C18H28O10. The van der Waals surface area contributed by atoms with Gasteiger partial charge in [-0.3, -0.25) is 19.2 Å². The fraction of sp³-hybridized carbons (Fsp3) is 0.778. The van der Waals surface area contributed by atoms with Crippen LogP contribution in [0.5, 0.6) is 0 Å². The molecule has 2 heterocycles. The lowest BCUT2D eigenvalue weighted by molar-refractivity contribution is -0.179. The molecule has 10 heteroatoms. The van der Waals surface area contributed by atoms with Gasteiger partial charge in [0.05, 0.1) is 13.2 Å². The average molecular weight is 404 g/mol. The average Bonchev–Trinajstić information content (AvgIpc) is 2.69. The summed E-state index contributed by atoms with van der Waals surface area (Å²) in [4.78, 5) is 45.1. The summed E-state index contributed by atoms with van der Waals surface area (Å²) < 4.78 is 20.0. The van der Waals surface area contributed by atoms with Crippen molar-refractivity contribution in [2.24, 2.45) is 10.8 Å². The second kappa shape index (κ2) is 11.0. The van der Waals surface area contributed by atoms with Crippen molar-refractivity contribution in [3.8, 4) is 0 Å². The van der Waals surface area contributed by atoms with Gasteiger partial charge in [-0.25, -0.2) is 0 Å². The maximum atomic E-state index is 11.9. The Balaban J connectivity index is 0.000000292. The molecule has 0 bridgehead atoms. The van der Waals surface area contributed by atoms with Gasteiger partial charge in [0.1, 0.15) is 0 Å². The predicted octanol–water partition coefficient (Wildman–Crippen LogP) is 0.862. The van der Waals surface area contributed by atoms with Crippen molar-refractivity contribution < 1.29 is 48.3 Å². The minimum Gasteiger partial charge on any atom is -0.480 e. The van der Waals surface area contributed by atoms with Crippen molar-refractivity contribution in [3.05, 3.63) is 0 Å². The van der Waals surface area contributed by atoms with Crippen LogP contribution in [0.2, 0.25) is 0 Å². The molecule has 2 rings (SSSR count). The summed E-state index contributed by atoms with van der Waals surface area (Å²) in [6.45, 7) is 5.15. The van der Waals surface area contributed by atoms with Crippen molar-refractivity contribution in [2.45, 2.75) is 39.5 Å². The van der Waals surface area contributed by atoms with Gasteiger partial charge in [-0.1, -0.05) is 0 Å². The van der Waals surface area contributed by atoms with E-state index < -0.39 is 34.7 Å². The number of rotatable bonds is 6. The van der Waals surface area contributed by atoms with E-state index in [0.717, 1.165) is 0 Å². The van der Waals surface area contributed by atoms with Gasteiger partial charge >= 0.3 is 23.9 Å². The fourth-order valence-electron chi connectivity index (χ4n) is 2.99. The summed E-state index contributed by atoms with van der Waals surface area (Å²) in [5.41, 5.74) is -2.76. The Labute approximate surface area is 163 Å². The fourth-order valence-corrected chi connectivity index (χ4v) is 2.99. The number of carboxylic acid groups (broad SMARTS) is 2. The van der Waals surface area contributed by atoms with Crippen LogP contribution in [0.4, 0.5) is 0 Å². The van der Waals surface area contributed by atoms with Crippen LogP contribution >= 0.6 is 0 Å². The first-order valence-corrected chi connectivity index (χ1v) is 9.23. The second-order valence-electron chi connectivity index (χ2n) is 6.44. The number of hydrogen-bond donors (Lipinski definition) is 2. The van der Waals surface area contributed by atoms with Crippen LogP contribution in [0.15, 0.2) is 0 Å². The minimum absolute atomic E-state index is 0.0532. The highest BCUT2D eigenvalue weighted by atomic mass is 16.6. The summed E-state index contributed by atoms with van der Waals surface area (Å²) in [5, 5.41) is 17.4. The highest BCUT2D eigenvalue weighted by Crippen LogP contribution is 2.33. The maximum Gasteiger partial charge on any atom is 0.323 e. The Morgan fingerprint density at radius 3 is 1.29 bits per heavy atom. The van der Waals surface area contributed by atoms with Crippen molar-refractivity contribution >= 4 is 23.9 Å². The molecule has 0 saturated carbocycles. The molecule has 2 saturated heterocycles. The van der Waals surface area contributed by atoms with Gasteiger partial charge in [0.2, 0.25) is 0 Å². The summed E-state index contributed by atoms with van der Waals surface area (Å²) in [5.74, 6) is -3.51. The first kappa shape index (κ1) is 23.8. The van der Waals surface area contributed by atoms with Crippen LogP contribution in [0.3, 0.4) is 0 Å². The molecule has 0 amide bonds. The molecule has 0 spiro atoms. The van der Waals surface area contributed by atoms with Crippen molar-refractivity contribution in [3.63, 3.8) is 0 Å². The normalized spacial score (nSPS) is 20.1. The van der Waals surface area contributed by atoms with E-state index in [1.165, 1.54) is 0 Å². The molecule has 160 valence electrons. The quantitative estimate of drug-likeness (QED) is 0.483. The minimum atomic E-state index is -1.61. The third kappa shape index (κ3) is 5.41. The third-order valence-electron chi connectivity index (χ3n) is 4.84. The molecule has 10 nitrogen and oxygen atoms in total. The van der Waals surface area contributed by atoms with Gasteiger partial charge in [0, 0.05) is 26.4 Å². The lowest BCUT2D eigenvalue weighted by Crippen LogP contribution is -2.46. The van der Waals surface area contributed by atoms with Gasteiger partial charge in [-0.05, 0) is 39.5 Å². The second-order valence-corrected chi connectivity index (χ2v) is 6.44. The number of aliphatic carboxylic acids is 2. The number of carbonyl (C=O) groups is 4. The number of esters is 2. The predicted molar refractivity (Wildman–Crippen MR) is 93.5 cm³/mol. The molecule has 0 aromatic rings. The first-order chi connectivity index (χ1) is 13.3. The number of hydrogen-bond acceptors (Lipinski definition) is 8. The Bertz CT molecular complexity index is 523. The van der Waals surface area contributed by atoms with Crippen LogP contribution in [0, 0.1) is 10.8 Å². The summed E-state index contributed by atoms with van der Waals surface area (Å²) >= 11 is 0. The molecule has 0 aromatic heterocycles. The molecule has 2 fully saturated rings. The van der Waals surface area contributed by atoms with Crippen LogP contribution in [-0.4, -0.2) is 73.7 Å². The van der Waals surface area contributed by atoms with E-state index in [-0.39, 0.29) is 39.3 Å².